The SMILES string of the molecule is Cc1cc(C(=O)NC2CCNC2)ccc1NC(=O)CC(C)C.Cl. The minimum Gasteiger partial charge on any atom is -0.348 e. The van der Waals surface area contributed by atoms with Crippen LogP contribution in [0.4, 0.5) is 5.69 Å². The molecule has 3 N–H and O–H groups in total. The molecule has 0 radical (unpaired) electrons. The molecular weight excluding hydrogens is 314 g/mol. The topological polar surface area (TPSA) is 70.2 Å². The lowest BCUT2D eigenvalue weighted by Crippen LogP contribution is -2.36. The van der Waals surface area contributed by atoms with Gasteiger partial charge in [0.25, 0.3) is 5.91 Å². The Balaban J connectivity index is 0.00000264. The molecule has 5 nitrogen and oxygen atoms in total. The predicted octanol–water partition coefficient (Wildman–Crippen LogP) is 2.49. The fraction of sp³-hybridized carbons (Fsp3) is 0.529. The van der Waals surface area contributed by atoms with E-state index in [0.29, 0.717) is 17.9 Å². The van der Waals surface area contributed by atoms with Crippen molar-refractivity contribution < 1.29 is 9.59 Å². The molecular formula is C17H26ClN3O2. The van der Waals surface area contributed by atoms with Gasteiger partial charge in [-0.2, -0.15) is 0 Å². The fourth-order valence-electron chi connectivity index (χ4n) is 2.56. The van der Waals surface area contributed by atoms with Crippen LogP contribution < -0.4 is 16.0 Å². The zero-order chi connectivity index (χ0) is 16.1. The van der Waals surface area contributed by atoms with E-state index in [0.717, 1.165) is 30.8 Å². The molecule has 1 aliphatic rings. The van der Waals surface area contributed by atoms with Crippen LogP contribution in [0, 0.1) is 12.8 Å². The predicted molar refractivity (Wildman–Crippen MR) is 95.3 cm³/mol. The van der Waals surface area contributed by atoms with Crippen molar-refractivity contribution in [1.82, 2.24) is 10.6 Å². The third kappa shape index (κ3) is 5.84. The molecule has 1 aliphatic heterocycles. The summed E-state index contributed by atoms with van der Waals surface area (Å²) in [6.45, 7) is 7.70. The average Bonchev–Trinajstić information content (AvgIpc) is 2.93. The summed E-state index contributed by atoms with van der Waals surface area (Å²) in [6.07, 6.45) is 1.46. The smallest absolute Gasteiger partial charge is 0.251 e. The van der Waals surface area contributed by atoms with Gasteiger partial charge in [0.15, 0.2) is 0 Å². The molecule has 1 heterocycles. The van der Waals surface area contributed by atoms with Crippen molar-refractivity contribution in [2.75, 3.05) is 18.4 Å². The number of hydrogen-bond acceptors (Lipinski definition) is 3. The van der Waals surface area contributed by atoms with Gasteiger partial charge in [-0.05, 0) is 49.6 Å². The summed E-state index contributed by atoms with van der Waals surface area (Å²) in [5.74, 6) is 0.273. The minimum absolute atomic E-state index is 0. The lowest BCUT2D eigenvalue weighted by molar-refractivity contribution is -0.116. The van der Waals surface area contributed by atoms with E-state index in [2.05, 4.69) is 16.0 Å². The highest BCUT2D eigenvalue weighted by atomic mass is 35.5. The zero-order valence-electron chi connectivity index (χ0n) is 13.9. The summed E-state index contributed by atoms with van der Waals surface area (Å²) in [6, 6.07) is 5.59. The molecule has 0 saturated carbocycles. The van der Waals surface area contributed by atoms with Gasteiger partial charge in [-0.1, -0.05) is 13.8 Å². The van der Waals surface area contributed by atoms with Crippen LogP contribution in [0.2, 0.25) is 0 Å². The van der Waals surface area contributed by atoms with Crippen LogP contribution in [-0.4, -0.2) is 30.9 Å². The van der Waals surface area contributed by atoms with Crippen LogP contribution in [0.3, 0.4) is 0 Å². The Morgan fingerprint density at radius 2 is 2.09 bits per heavy atom. The van der Waals surface area contributed by atoms with Gasteiger partial charge in [0, 0.05) is 30.3 Å². The summed E-state index contributed by atoms with van der Waals surface area (Å²) in [7, 11) is 0. The molecule has 0 spiro atoms. The first-order chi connectivity index (χ1) is 10.5. The van der Waals surface area contributed by atoms with Gasteiger partial charge in [-0.3, -0.25) is 9.59 Å². The molecule has 0 aliphatic carbocycles. The molecule has 128 valence electrons. The summed E-state index contributed by atoms with van der Waals surface area (Å²) in [4.78, 5) is 24.0. The van der Waals surface area contributed by atoms with E-state index in [1.807, 2.05) is 26.8 Å². The van der Waals surface area contributed by atoms with Crippen LogP contribution >= 0.6 is 12.4 Å². The molecule has 1 atom stereocenters. The number of hydrogen-bond donors (Lipinski definition) is 3. The highest BCUT2D eigenvalue weighted by molar-refractivity contribution is 5.96. The summed E-state index contributed by atoms with van der Waals surface area (Å²) in [5, 5.41) is 9.14. The number of aryl methyl sites for hydroxylation is 1. The van der Waals surface area contributed by atoms with Gasteiger partial charge in [-0.25, -0.2) is 0 Å². The number of carbonyl (C=O) groups is 2. The zero-order valence-corrected chi connectivity index (χ0v) is 14.8. The molecule has 2 rings (SSSR count). The van der Waals surface area contributed by atoms with Crippen LogP contribution in [0.15, 0.2) is 18.2 Å². The van der Waals surface area contributed by atoms with Crippen LogP contribution in [-0.2, 0) is 4.79 Å². The standard InChI is InChI=1S/C17H25N3O2.ClH/c1-11(2)8-16(21)20-15-5-4-13(9-12(15)3)17(22)19-14-6-7-18-10-14;/h4-5,9,11,14,18H,6-8,10H2,1-3H3,(H,19,22)(H,20,21);1H. The Labute approximate surface area is 144 Å². The second-order valence-electron chi connectivity index (χ2n) is 6.34. The van der Waals surface area contributed by atoms with E-state index >= 15 is 0 Å². The van der Waals surface area contributed by atoms with Crippen molar-refractivity contribution in [2.24, 2.45) is 5.92 Å². The van der Waals surface area contributed by atoms with Crippen molar-refractivity contribution in [3.63, 3.8) is 0 Å². The van der Waals surface area contributed by atoms with E-state index in [4.69, 9.17) is 0 Å². The second kappa shape index (κ2) is 8.89. The quantitative estimate of drug-likeness (QED) is 0.772. The van der Waals surface area contributed by atoms with Crippen molar-refractivity contribution in [3.8, 4) is 0 Å². The maximum Gasteiger partial charge on any atom is 0.251 e. The van der Waals surface area contributed by atoms with Gasteiger partial charge < -0.3 is 16.0 Å². The molecule has 1 aromatic rings. The molecule has 1 fully saturated rings. The number of nitrogens with one attached hydrogen (secondary N) is 3. The maximum atomic E-state index is 12.2. The Hall–Kier alpha value is -1.59. The fourth-order valence-corrected chi connectivity index (χ4v) is 2.56. The summed E-state index contributed by atoms with van der Waals surface area (Å²) in [5.41, 5.74) is 2.30. The monoisotopic (exact) mass is 339 g/mol. The second-order valence-corrected chi connectivity index (χ2v) is 6.34. The van der Waals surface area contributed by atoms with Gasteiger partial charge in [0.1, 0.15) is 0 Å². The maximum absolute atomic E-state index is 12.2. The number of carbonyl (C=O) groups excluding carboxylic acids is 2. The number of halogens is 1. The lowest BCUT2D eigenvalue weighted by Gasteiger charge is -2.14. The van der Waals surface area contributed by atoms with Crippen molar-refractivity contribution in [1.29, 1.82) is 0 Å². The lowest BCUT2D eigenvalue weighted by atomic mass is 10.1. The Bertz CT molecular complexity index is 555. The normalized spacial score (nSPS) is 16.8. The molecule has 0 bridgehead atoms. The van der Waals surface area contributed by atoms with Crippen LogP contribution in [0.5, 0.6) is 0 Å². The van der Waals surface area contributed by atoms with Crippen LogP contribution in [0.25, 0.3) is 0 Å². The van der Waals surface area contributed by atoms with E-state index < -0.39 is 0 Å². The van der Waals surface area contributed by atoms with Gasteiger partial charge in [-0.15, -0.1) is 12.4 Å². The first-order valence-electron chi connectivity index (χ1n) is 7.88. The van der Waals surface area contributed by atoms with Gasteiger partial charge >= 0.3 is 0 Å². The molecule has 0 aromatic heterocycles. The first kappa shape index (κ1) is 19.5. The van der Waals surface area contributed by atoms with Crippen molar-refractivity contribution in [3.05, 3.63) is 29.3 Å². The molecule has 1 saturated heterocycles. The highest BCUT2D eigenvalue weighted by Gasteiger charge is 2.18. The Kier molecular flexibility index (Phi) is 7.52. The van der Waals surface area contributed by atoms with E-state index in [1.165, 1.54) is 0 Å². The third-order valence-corrected chi connectivity index (χ3v) is 3.75. The highest BCUT2D eigenvalue weighted by Crippen LogP contribution is 2.18. The average molecular weight is 340 g/mol. The largest absolute Gasteiger partial charge is 0.348 e. The van der Waals surface area contributed by atoms with Crippen LogP contribution in [0.1, 0.15) is 42.6 Å². The van der Waals surface area contributed by atoms with Crippen molar-refractivity contribution >= 4 is 29.9 Å². The molecule has 6 heteroatoms. The summed E-state index contributed by atoms with van der Waals surface area (Å²) >= 11 is 0. The molecule has 1 aromatic carbocycles. The molecule has 1 unspecified atom stereocenters. The van der Waals surface area contributed by atoms with Crippen molar-refractivity contribution in [2.45, 2.75) is 39.7 Å². The molecule has 23 heavy (non-hydrogen) atoms. The number of benzene rings is 1. The number of amides is 2. The van der Waals surface area contributed by atoms with E-state index in [9.17, 15) is 9.59 Å². The van der Waals surface area contributed by atoms with E-state index in [-0.39, 0.29) is 30.3 Å². The Morgan fingerprint density at radius 1 is 1.35 bits per heavy atom. The number of anilines is 1. The van der Waals surface area contributed by atoms with E-state index in [1.54, 1.807) is 12.1 Å². The first-order valence-corrected chi connectivity index (χ1v) is 7.88. The minimum atomic E-state index is -0.0585. The van der Waals surface area contributed by atoms with Gasteiger partial charge in [0.05, 0.1) is 0 Å². The molecule has 2 amide bonds. The summed E-state index contributed by atoms with van der Waals surface area (Å²) < 4.78 is 0. The van der Waals surface area contributed by atoms with Gasteiger partial charge in [0.2, 0.25) is 5.91 Å². The Morgan fingerprint density at radius 3 is 2.65 bits per heavy atom. The third-order valence-electron chi connectivity index (χ3n) is 3.75. The number of rotatable bonds is 5.